The lowest BCUT2D eigenvalue weighted by Crippen LogP contribution is -2.41. The minimum atomic E-state index is -0.408. The second kappa shape index (κ2) is 8.32. The van der Waals surface area contributed by atoms with E-state index in [-0.39, 0.29) is 11.9 Å². The van der Waals surface area contributed by atoms with Crippen LogP contribution in [0.25, 0.3) is 0 Å². The Hall–Kier alpha value is -2.74. The van der Waals surface area contributed by atoms with Gasteiger partial charge in [-0.05, 0) is 37.5 Å². The van der Waals surface area contributed by atoms with Gasteiger partial charge in [0.15, 0.2) is 0 Å². The quantitative estimate of drug-likeness (QED) is 0.731. The van der Waals surface area contributed by atoms with E-state index in [0.29, 0.717) is 56.7 Å². The Morgan fingerprint density at radius 2 is 2.03 bits per heavy atom. The molecule has 0 saturated carbocycles. The lowest BCUT2D eigenvalue weighted by Gasteiger charge is -2.34. The van der Waals surface area contributed by atoms with E-state index in [0.717, 1.165) is 17.5 Å². The third-order valence-corrected chi connectivity index (χ3v) is 5.23. The highest BCUT2D eigenvalue weighted by atomic mass is 19.1. The van der Waals surface area contributed by atoms with Gasteiger partial charge in [0.25, 0.3) is 0 Å². The first-order chi connectivity index (χ1) is 14.0. The number of morpholine rings is 1. The van der Waals surface area contributed by atoms with Crippen LogP contribution in [0.4, 0.5) is 16.0 Å². The average Bonchev–Trinajstić information content (AvgIpc) is 2.72. The molecule has 0 radical (unpaired) electrons. The molecule has 4 rings (SSSR count). The van der Waals surface area contributed by atoms with Crippen LogP contribution in [0.15, 0.2) is 24.4 Å². The molecule has 7 nitrogen and oxygen atoms in total. The number of pyridine rings is 2. The topological polar surface area (TPSA) is 67.8 Å². The Kier molecular flexibility index (Phi) is 5.62. The second-order valence-corrected chi connectivity index (χ2v) is 7.36. The van der Waals surface area contributed by atoms with E-state index in [9.17, 15) is 9.18 Å². The van der Waals surface area contributed by atoms with Gasteiger partial charge in [0.1, 0.15) is 23.1 Å². The fraction of sp³-hybridized carbons (Fsp3) is 0.476. The van der Waals surface area contributed by atoms with Gasteiger partial charge in [0.05, 0.1) is 19.3 Å². The molecule has 0 bridgehead atoms. The monoisotopic (exact) mass is 400 g/mol. The van der Waals surface area contributed by atoms with Crippen molar-refractivity contribution >= 4 is 17.6 Å². The molecule has 1 atom stereocenters. The third-order valence-electron chi connectivity index (χ3n) is 5.23. The van der Waals surface area contributed by atoms with Gasteiger partial charge in [-0.3, -0.25) is 0 Å². The van der Waals surface area contributed by atoms with Crippen LogP contribution in [0, 0.1) is 5.82 Å². The first-order valence-corrected chi connectivity index (χ1v) is 9.97. The fourth-order valence-corrected chi connectivity index (χ4v) is 3.77. The molecule has 0 spiro atoms. The number of carbonyl (C=O) groups excluding carboxylic acids is 1. The summed E-state index contributed by atoms with van der Waals surface area (Å²) in [5, 5.41) is 0. The highest BCUT2D eigenvalue weighted by Crippen LogP contribution is 2.27. The Labute approximate surface area is 169 Å². The van der Waals surface area contributed by atoms with Gasteiger partial charge in [-0.15, -0.1) is 0 Å². The van der Waals surface area contributed by atoms with E-state index in [1.54, 1.807) is 19.2 Å². The second-order valence-electron chi connectivity index (χ2n) is 7.36. The van der Waals surface area contributed by atoms with Crippen molar-refractivity contribution in [2.75, 3.05) is 42.6 Å². The summed E-state index contributed by atoms with van der Waals surface area (Å²) in [7, 11) is 0. The summed E-state index contributed by atoms with van der Waals surface area (Å²) in [5.74, 6) is 0.538. The summed E-state index contributed by atoms with van der Waals surface area (Å²) in [6.45, 7) is 7.36. The van der Waals surface area contributed by atoms with Crippen molar-refractivity contribution in [2.24, 2.45) is 0 Å². The van der Waals surface area contributed by atoms with E-state index < -0.39 is 5.97 Å². The first kappa shape index (κ1) is 19.6. The highest BCUT2D eigenvalue weighted by Gasteiger charge is 2.23. The van der Waals surface area contributed by atoms with Crippen LogP contribution in [0.3, 0.4) is 0 Å². The first-order valence-electron chi connectivity index (χ1n) is 9.97. The predicted molar refractivity (Wildman–Crippen MR) is 107 cm³/mol. The number of carbonyl (C=O) groups is 1. The van der Waals surface area contributed by atoms with Gasteiger partial charge < -0.3 is 19.3 Å². The van der Waals surface area contributed by atoms with Crippen LogP contribution < -0.4 is 9.80 Å². The number of nitrogens with zero attached hydrogens (tertiary/aromatic N) is 4. The normalized spacial score (nSPS) is 19.1. The van der Waals surface area contributed by atoms with Crippen molar-refractivity contribution < 1.29 is 18.7 Å². The molecule has 1 saturated heterocycles. The Morgan fingerprint density at radius 3 is 2.79 bits per heavy atom. The van der Waals surface area contributed by atoms with Crippen LogP contribution in [-0.4, -0.2) is 54.9 Å². The number of hydrogen-bond donors (Lipinski definition) is 0. The average molecular weight is 400 g/mol. The van der Waals surface area contributed by atoms with Gasteiger partial charge in [0, 0.05) is 44.5 Å². The van der Waals surface area contributed by atoms with E-state index in [1.807, 2.05) is 11.8 Å². The van der Waals surface area contributed by atoms with E-state index in [2.05, 4.69) is 9.88 Å². The minimum absolute atomic E-state index is 0.0961. The van der Waals surface area contributed by atoms with E-state index in [4.69, 9.17) is 14.5 Å². The van der Waals surface area contributed by atoms with Crippen LogP contribution in [0.1, 0.15) is 35.5 Å². The van der Waals surface area contributed by atoms with Gasteiger partial charge in [0.2, 0.25) is 0 Å². The summed E-state index contributed by atoms with van der Waals surface area (Å²) < 4.78 is 25.0. The molecule has 1 unspecified atom stereocenters. The number of fused-ring (bicyclic) bond motifs is 1. The fourth-order valence-electron chi connectivity index (χ4n) is 3.77. The van der Waals surface area contributed by atoms with Crippen LogP contribution in [-0.2, 0) is 22.4 Å². The van der Waals surface area contributed by atoms with Gasteiger partial charge >= 0.3 is 5.97 Å². The molecule has 29 heavy (non-hydrogen) atoms. The maximum Gasteiger partial charge on any atom is 0.356 e. The number of anilines is 2. The highest BCUT2D eigenvalue weighted by molar-refractivity contribution is 5.87. The summed E-state index contributed by atoms with van der Waals surface area (Å²) in [5.41, 5.74) is 2.40. The standard InChI is InChI=1S/C21H25FN4O3/c1-3-28-21(27)18-8-15-4-5-25(13-16(15)11-23-18)19-9-17(22)10-20(24-19)26-6-7-29-14(2)12-26/h8-11,14H,3-7,12-13H2,1-2H3. The van der Waals surface area contributed by atoms with Gasteiger partial charge in [-0.2, -0.15) is 0 Å². The largest absolute Gasteiger partial charge is 0.461 e. The lowest BCUT2D eigenvalue weighted by molar-refractivity contribution is 0.0518. The maximum atomic E-state index is 14.4. The molecule has 8 heteroatoms. The lowest BCUT2D eigenvalue weighted by atomic mass is 10.0. The van der Waals surface area contributed by atoms with Gasteiger partial charge in [-0.25, -0.2) is 19.2 Å². The number of ether oxygens (including phenoxy) is 2. The Morgan fingerprint density at radius 1 is 1.24 bits per heavy atom. The molecule has 0 amide bonds. The van der Waals surface area contributed by atoms with Crippen molar-refractivity contribution in [2.45, 2.75) is 32.9 Å². The molecule has 0 aliphatic carbocycles. The molecule has 1 fully saturated rings. The number of aromatic nitrogens is 2. The zero-order chi connectivity index (χ0) is 20.4. The molecule has 0 N–H and O–H groups in total. The Balaban J connectivity index is 1.54. The summed E-state index contributed by atoms with van der Waals surface area (Å²) in [6.07, 6.45) is 2.53. The van der Waals surface area contributed by atoms with Crippen molar-refractivity contribution in [1.29, 1.82) is 0 Å². The SMILES string of the molecule is CCOC(=O)c1cc2c(cn1)CN(c1cc(F)cc(N3CCOC(C)C3)n1)CC2. The van der Waals surface area contributed by atoms with Crippen LogP contribution in [0.5, 0.6) is 0 Å². The summed E-state index contributed by atoms with van der Waals surface area (Å²) >= 11 is 0. The van der Waals surface area contributed by atoms with Crippen molar-refractivity contribution in [3.05, 3.63) is 47.0 Å². The van der Waals surface area contributed by atoms with Crippen molar-refractivity contribution in [1.82, 2.24) is 9.97 Å². The Bertz CT molecular complexity index is 907. The zero-order valence-electron chi connectivity index (χ0n) is 16.7. The summed E-state index contributed by atoms with van der Waals surface area (Å²) in [6, 6.07) is 4.75. The zero-order valence-corrected chi connectivity index (χ0v) is 16.7. The molecular weight excluding hydrogens is 375 g/mol. The van der Waals surface area contributed by atoms with Gasteiger partial charge in [-0.1, -0.05) is 0 Å². The maximum absolute atomic E-state index is 14.4. The minimum Gasteiger partial charge on any atom is -0.461 e. The molecule has 2 aromatic heterocycles. The van der Waals surface area contributed by atoms with Crippen molar-refractivity contribution in [3.63, 3.8) is 0 Å². The van der Waals surface area contributed by atoms with Crippen LogP contribution in [0.2, 0.25) is 0 Å². The predicted octanol–water partition coefficient (Wildman–Crippen LogP) is 2.58. The molecule has 154 valence electrons. The molecule has 2 aliphatic rings. The number of esters is 1. The molecule has 2 aromatic rings. The smallest absolute Gasteiger partial charge is 0.356 e. The number of rotatable bonds is 4. The number of hydrogen-bond acceptors (Lipinski definition) is 7. The molecule has 0 aromatic carbocycles. The molecule has 2 aliphatic heterocycles. The van der Waals surface area contributed by atoms with E-state index in [1.165, 1.54) is 12.1 Å². The van der Waals surface area contributed by atoms with Crippen molar-refractivity contribution in [3.8, 4) is 0 Å². The molecular formula is C21H25FN4O3. The van der Waals surface area contributed by atoms with E-state index >= 15 is 0 Å². The number of halogens is 1. The van der Waals surface area contributed by atoms with Crippen LogP contribution >= 0.6 is 0 Å². The molecule has 4 heterocycles. The third kappa shape index (κ3) is 4.32. The summed E-state index contributed by atoms with van der Waals surface area (Å²) in [4.78, 5) is 25.0.